The quantitative estimate of drug-likeness (QED) is 0.777. The lowest BCUT2D eigenvalue weighted by atomic mass is 9.95. The van der Waals surface area contributed by atoms with Gasteiger partial charge in [0.25, 0.3) is 0 Å². The lowest BCUT2D eigenvalue weighted by Crippen LogP contribution is -2.28. The maximum absolute atomic E-state index is 11.9. The molecule has 1 aromatic carbocycles. The largest absolute Gasteiger partial charge is 0.325 e. The van der Waals surface area contributed by atoms with Crippen molar-refractivity contribution >= 4 is 34.2 Å². The number of carbonyl (C=O) groups excluding carboxylic acids is 1. The van der Waals surface area contributed by atoms with Crippen LogP contribution in [0.4, 0.5) is 5.69 Å². The Morgan fingerprint density at radius 2 is 1.75 bits per heavy atom. The molecule has 0 saturated carbocycles. The second-order valence-electron chi connectivity index (χ2n) is 5.12. The third kappa shape index (κ3) is 3.20. The van der Waals surface area contributed by atoms with Crippen molar-refractivity contribution < 1.29 is 4.79 Å². The number of anilines is 1. The highest BCUT2D eigenvalue weighted by atomic mass is 127. The van der Waals surface area contributed by atoms with E-state index in [1.165, 1.54) is 9.13 Å². The summed E-state index contributed by atoms with van der Waals surface area (Å²) in [5, 5.41) is 2.98. The molecule has 0 radical (unpaired) electrons. The number of halogens is 1. The van der Waals surface area contributed by atoms with Crippen LogP contribution in [-0.4, -0.2) is 5.91 Å². The zero-order valence-electron chi connectivity index (χ0n) is 10.4. The van der Waals surface area contributed by atoms with Crippen molar-refractivity contribution in [2.24, 2.45) is 5.41 Å². The molecule has 0 aromatic heterocycles. The summed E-state index contributed by atoms with van der Waals surface area (Å²) in [5.74, 6) is 0.0520. The van der Waals surface area contributed by atoms with E-state index in [0.717, 1.165) is 11.3 Å². The van der Waals surface area contributed by atoms with Crippen LogP contribution in [0, 0.1) is 22.8 Å². The number of nitrogens with one attached hydrogen (secondary N) is 1. The monoisotopic (exact) mass is 331 g/mol. The first kappa shape index (κ1) is 13.5. The molecule has 0 aliphatic heterocycles. The third-order valence-electron chi connectivity index (χ3n) is 2.44. The molecule has 88 valence electrons. The van der Waals surface area contributed by atoms with Crippen molar-refractivity contribution in [2.75, 3.05) is 5.32 Å². The molecule has 1 rings (SSSR count). The zero-order chi connectivity index (χ0) is 12.5. The molecule has 1 N–H and O–H groups in total. The smallest absolute Gasteiger partial charge is 0.229 e. The Morgan fingerprint density at radius 3 is 2.25 bits per heavy atom. The Kier molecular flexibility index (Phi) is 3.99. The maximum Gasteiger partial charge on any atom is 0.229 e. The number of carbonyl (C=O) groups is 1. The summed E-state index contributed by atoms with van der Waals surface area (Å²) in [6, 6.07) is 4.12. The molecule has 0 spiro atoms. The third-order valence-corrected chi connectivity index (χ3v) is 3.60. The van der Waals surface area contributed by atoms with Crippen molar-refractivity contribution in [1.82, 2.24) is 0 Å². The molecular weight excluding hydrogens is 313 g/mol. The standard InChI is InChI=1S/C13H18INO/c1-8-7-11(9(2)6-10(8)14)15-12(16)13(3,4)5/h6-7H,1-5H3,(H,15,16). The van der Waals surface area contributed by atoms with E-state index in [-0.39, 0.29) is 11.3 Å². The molecule has 0 atom stereocenters. The van der Waals surface area contributed by atoms with Gasteiger partial charge in [-0.25, -0.2) is 0 Å². The van der Waals surface area contributed by atoms with E-state index in [0.29, 0.717) is 0 Å². The zero-order valence-corrected chi connectivity index (χ0v) is 12.6. The van der Waals surface area contributed by atoms with Gasteiger partial charge in [-0.3, -0.25) is 4.79 Å². The molecule has 0 aliphatic rings. The fourth-order valence-corrected chi connectivity index (χ4v) is 1.85. The van der Waals surface area contributed by atoms with Crippen molar-refractivity contribution in [3.05, 3.63) is 26.8 Å². The highest BCUT2D eigenvalue weighted by Gasteiger charge is 2.21. The van der Waals surface area contributed by atoms with Gasteiger partial charge in [-0.1, -0.05) is 20.8 Å². The summed E-state index contributed by atoms with van der Waals surface area (Å²) >= 11 is 2.30. The van der Waals surface area contributed by atoms with Gasteiger partial charge in [-0.15, -0.1) is 0 Å². The minimum Gasteiger partial charge on any atom is -0.325 e. The van der Waals surface area contributed by atoms with Crippen LogP contribution < -0.4 is 5.32 Å². The first-order chi connectivity index (χ1) is 7.21. The molecule has 0 unspecified atom stereocenters. The minimum absolute atomic E-state index is 0.0520. The van der Waals surface area contributed by atoms with Crippen LogP contribution in [0.15, 0.2) is 12.1 Å². The molecule has 16 heavy (non-hydrogen) atoms. The van der Waals surface area contributed by atoms with Gasteiger partial charge in [0.15, 0.2) is 0 Å². The number of hydrogen-bond acceptors (Lipinski definition) is 1. The number of rotatable bonds is 1. The molecular formula is C13H18INO. The topological polar surface area (TPSA) is 29.1 Å². The second kappa shape index (κ2) is 4.73. The van der Waals surface area contributed by atoms with Crippen LogP contribution in [0.25, 0.3) is 0 Å². The molecule has 0 bridgehead atoms. The highest BCUT2D eigenvalue weighted by molar-refractivity contribution is 14.1. The fraction of sp³-hybridized carbons (Fsp3) is 0.462. The van der Waals surface area contributed by atoms with Gasteiger partial charge in [0.05, 0.1) is 0 Å². The van der Waals surface area contributed by atoms with E-state index in [4.69, 9.17) is 0 Å². The van der Waals surface area contributed by atoms with Crippen molar-refractivity contribution in [2.45, 2.75) is 34.6 Å². The van der Waals surface area contributed by atoms with Crippen LogP contribution in [0.3, 0.4) is 0 Å². The summed E-state index contributed by atoms with van der Waals surface area (Å²) in [4.78, 5) is 11.9. The lowest BCUT2D eigenvalue weighted by molar-refractivity contribution is -0.123. The molecule has 1 amide bonds. The Balaban J connectivity index is 2.99. The van der Waals surface area contributed by atoms with Gasteiger partial charge < -0.3 is 5.32 Å². The molecule has 3 heteroatoms. The van der Waals surface area contributed by atoms with Crippen molar-refractivity contribution in [3.63, 3.8) is 0 Å². The van der Waals surface area contributed by atoms with E-state index in [1.807, 2.05) is 40.7 Å². The number of aryl methyl sites for hydroxylation is 2. The van der Waals surface area contributed by atoms with Gasteiger partial charge in [-0.2, -0.15) is 0 Å². The van der Waals surface area contributed by atoms with E-state index in [2.05, 4.69) is 34.0 Å². The van der Waals surface area contributed by atoms with Crippen LogP contribution in [0.5, 0.6) is 0 Å². The Bertz CT molecular complexity index is 419. The van der Waals surface area contributed by atoms with E-state index < -0.39 is 0 Å². The van der Waals surface area contributed by atoms with Crippen molar-refractivity contribution in [1.29, 1.82) is 0 Å². The summed E-state index contributed by atoms with van der Waals surface area (Å²) in [5.41, 5.74) is 2.85. The van der Waals surface area contributed by atoms with Gasteiger partial charge in [0, 0.05) is 14.7 Å². The predicted molar refractivity (Wildman–Crippen MR) is 76.7 cm³/mol. The van der Waals surface area contributed by atoms with Gasteiger partial charge in [0.2, 0.25) is 5.91 Å². The molecule has 0 aliphatic carbocycles. The highest BCUT2D eigenvalue weighted by Crippen LogP contribution is 2.24. The van der Waals surface area contributed by atoms with Gasteiger partial charge >= 0.3 is 0 Å². The summed E-state index contributed by atoms with van der Waals surface area (Å²) < 4.78 is 1.23. The summed E-state index contributed by atoms with van der Waals surface area (Å²) in [6.45, 7) is 9.81. The van der Waals surface area contributed by atoms with E-state index in [1.54, 1.807) is 0 Å². The average Bonchev–Trinajstić information content (AvgIpc) is 2.12. The number of amides is 1. The normalized spacial score (nSPS) is 11.4. The Hall–Kier alpha value is -0.580. The molecule has 0 saturated heterocycles. The molecule has 2 nitrogen and oxygen atoms in total. The van der Waals surface area contributed by atoms with Crippen LogP contribution in [-0.2, 0) is 4.79 Å². The number of hydrogen-bond donors (Lipinski definition) is 1. The number of benzene rings is 1. The second-order valence-corrected chi connectivity index (χ2v) is 6.28. The first-order valence-corrected chi connectivity index (χ1v) is 6.38. The van der Waals surface area contributed by atoms with Crippen LogP contribution >= 0.6 is 22.6 Å². The molecule has 1 aromatic rings. The Labute approximate surface area is 111 Å². The van der Waals surface area contributed by atoms with Crippen LogP contribution in [0.1, 0.15) is 31.9 Å². The van der Waals surface area contributed by atoms with Crippen molar-refractivity contribution in [3.8, 4) is 0 Å². The summed E-state index contributed by atoms with van der Waals surface area (Å²) in [7, 11) is 0. The minimum atomic E-state index is -0.358. The lowest BCUT2D eigenvalue weighted by Gasteiger charge is -2.19. The van der Waals surface area contributed by atoms with E-state index in [9.17, 15) is 4.79 Å². The fourth-order valence-electron chi connectivity index (χ4n) is 1.23. The van der Waals surface area contributed by atoms with Gasteiger partial charge in [0.1, 0.15) is 0 Å². The van der Waals surface area contributed by atoms with Crippen LogP contribution in [0.2, 0.25) is 0 Å². The Morgan fingerprint density at radius 1 is 1.19 bits per heavy atom. The summed E-state index contributed by atoms with van der Waals surface area (Å²) in [6.07, 6.45) is 0. The van der Waals surface area contributed by atoms with E-state index >= 15 is 0 Å². The molecule has 0 fully saturated rings. The van der Waals surface area contributed by atoms with Gasteiger partial charge in [-0.05, 0) is 59.7 Å². The SMILES string of the molecule is Cc1cc(NC(=O)C(C)(C)C)c(C)cc1I. The molecule has 0 heterocycles. The predicted octanol–water partition coefficient (Wildman–Crippen LogP) is 3.89. The first-order valence-electron chi connectivity index (χ1n) is 5.30. The maximum atomic E-state index is 11.9. The average molecular weight is 331 g/mol.